The van der Waals surface area contributed by atoms with Crippen LogP contribution >= 0.6 is 0 Å². The Morgan fingerprint density at radius 3 is 2.57 bits per heavy atom. The number of allylic oxidation sites excluding steroid dienone is 2. The highest BCUT2D eigenvalue weighted by atomic mass is 16.6. The molecule has 7 atom stereocenters. The van der Waals surface area contributed by atoms with Gasteiger partial charge in [0, 0.05) is 17.5 Å². The van der Waals surface area contributed by atoms with E-state index in [0.717, 1.165) is 59.6 Å². The molecule has 1 amide bonds. The normalized spacial score (nSPS) is 28.4. The van der Waals surface area contributed by atoms with Crippen molar-refractivity contribution < 1.29 is 29.0 Å². The van der Waals surface area contributed by atoms with E-state index < -0.39 is 17.1 Å². The number of ether oxygens (including phenoxy) is 1. The van der Waals surface area contributed by atoms with E-state index in [0.29, 0.717) is 56.0 Å². The van der Waals surface area contributed by atoms with Gasteiger partial charge in [0.15, 0.2) is 5.76 Å². The van der Waals surface area contributed by atoms with Crippen LogP contribution in [0.15, 0.2) is 95.1 Å². The molecule has 7 heteroatoms. The number of carbonyl (C=O) groups excluding carboxylic acids is 2. The minimum Gasteiger partial charge on any atom is -0.461 e. The van der Waals surface area contributed by atoms with Crippen LogP contribution in [0.2, 0.25) is 0 Å². The molecule has 4 aliphatic rings. The first-order valence-corrected chi connectivity index (χ1v) is 21.0. The first-order valence-electron chi connectivity index (χ1n) is 21.0. The average molecular weight is 760 g/mol. The van der Waals surface area contributed by atoms with Crippen LogP contribution in [0.1, 0.15) is 131 Å². The Morgan fingerprint density at radius 1 is 0.982 bits per heavy atom. The van der Waals surface area contributed by atoms with Crippen molar-refractivity contribution in [1.29, 1.82) is 0 Å². The Labute approximate surface area is 333 Å². The molecule has 1 aromatic heterocycles. The van der Waals surface area contributed by atoms with Gasteiger partial charge in [-0.2, -0.15) is 0 Å². The first-order chi connectivity index (χ1) is 26.8. The molecule has 8 rings (SSSR count). The van der Waals surface area contributed by atoms with Crippen molar-refractivity contribution in [3.63, 3.8) is 0 Å². The third-order valence-electron chi connectivity index (χ3n) is 13.8. The van der Waals surface area contributed by atoms with Crippen LogP contribution in [0.4, 0.5) is 4.79 Å². The molecule has 0 unspecified atom stereocenters. The molecule has 1 heterocycles. The number of fused-ring (bicyclic) bond motifs is 9. The molecule has 2 N–H and O–H groups in total. The second kappa shape index (κ2) is 16.7. The lowest BCUT2D eigenvalue weighted by atomic mass is 9.64. The number of carbonyl (C=O) groups is 2. The number of nitrogens with zero attached hydrogens (tertiary/aromatic N) is 1. The summed E-state index contributed by atoms with van der Waals surface area (Å²) in [5.41, 5.74) is 2.53. The van der Waals surface area contributed by atoms with Crippen LogP contribution in [0.25, 0.3) is 10.8 Å². The van der Waals surface area contributed by atoms with Crippen LogP contribution in [0, 0.1) is 23.2 Å². The molecule has 0 aliphatic heterocycles. The number of amides is 1. The van der Waals surface area contributed by atoms with E-state index in [-0.39, 0.29) is 42.1 Å². The van der Waals surface area contributed by atoms with Crippen molar-refractivity contribution in [2.75, 3.05) is 6.54 Å². The van der Waals surface area contributed by atoms with Crippen molar-refractivity contribution in [3.8, 4) is 0 Å². The van der Waals surface area contributed by atoms with Gasteiger partial charge in [0.05, 0.1) is 24.5 Å². The fourth-order valence-electron chi connectivity index (χ4n) is 10.3. The second-order valence-corrected chi connectivity index (χ2v) is 18.0. The van der Waals surface area contributed by atoms with Gasteiger partial charge in [0.25, 0.3) is 0 Å². The van der Waals surface area contributed by atoms with E-state index in [1.165, 1.54) is 11.8 Å². The highest BCUT2D eigenvalue weighted by molar-refractivity contribution is 6.08. The van der Waals surface area contributed by atoms with Crippen LogP contribution in [-0.2, 0) is 17.7 Å². The van der Waals surface area contributed by atoms with Crippen molar-refractivity contribution in [3.05, 3.63) is 119 Å². The molecular formula is C49H61NO6. The Bertz CT molecular complexity index is 2030. The predicted octanol–water partition coefficient (Wildman–Crippen LogP) is 10.8. The maximum absolute atomic E-state index is 14.7. The van der Waals surface area contributed by atoms with E-state index in [2.05, 4.69) is 65.0 Å². The molecule has 2 saturated carbocycles. The molecule has 2 fully saturated rings. The fourth-order valence-corrected chi connectivity index (χ4v) is 10.3. The first kappa shape index (κ1) is 40.0. The highest BCUT2D eigenvalue weighted by Gasteiger charge is 2.58. The lowest BCUT2D eigenvalue weighted by molar-refractivity contribution is -0.0875. The summed E-state index contributed by atoms with van der Waals surface area (Å²) in [5, 5.41) is 26.5. The number of aliphatic hydroxyl groups is 2. The van der Waals surface area contributed by atoms with Gasteiger partial charge in [-0.25, -0.2) is 4.79 Å². The molecule has 56 heavy (non-hydrogen) atoms. The molecule has 3 aromatic carbocycles. The van der Waals surface area contributed by atoms with Crippen LogP contribution < -0.4 is 0 Å². The molecule has 0 saturated heterocycles. The zero-order chi connectivity index (χ0) is 39.6. The average Bonchev–Trinajstić information content (AvgIpc) is 3.80. The quantitative estimate of drug-likeness (QED) is 0.137. The third-order valence-corrected chi connectivity index (χ3v) is 13.8. The fraction of sp³-hybridized carbons (Fsp3) is 0.510. The number of hydrogen-bond acceptors (Lipinski definition) is 6. The Morgan fingerprint density at radius 2 is 1.79 bits per heavy atom. The Hall–Kier alpha value is -4.20. The van der Waals surface area contributed by atoms with Gasteiger partial charge in [0.1, 0.15) is 6.10 Å². The SMILES string of the molecule is CC1=CCC[C@@]2(C)[C@@H](CC[C@@]2(O)CN(Cc2cccc3ccccc23)C(=O)O[C@H]2C[C@@H](C)CC[C@@H]2C(C)C)c2ccc(cc2C(=O)c2ccco2)C[C@@H](O)CC1. The summed E-state index contributed by atoms with van der Waals surface area (Å²) in [5.74, 6) is 1.03. The van der Waals surface area contributed by atoms with Gasteiger partial charge in [-0.15, -0.1) is 0 Å². The molecule has 7 nitrogen and oxygen atoms in total. The number of furan rings is 1. The summed E-state index contributed by atoms with van der Waals surface area (Å²) in [7, 11) is 0. The van der Waals surface area contributed by atoms with Crippen LogP contribution in [0.3, 0.4) is 0 Å². The molecule has 4 aromatic rings. The standard InChI is InChI=1S/C49H61NO6/c1-32(2)39-21-18-34(4)27-45(39)56-47(53)50(30-37-14-8-13-36-12-6-7-15-40(36)37)31-49(54)25-23-43-41-22-19-35(29-42(41)46(52)44-16-10-26-55-44)28-38(51)20-17-33(3)11-9-24-48(43,49)5/h6-8,10-16,19,22,26,29,32,34,38-39,43,45,51,54H,9,17-18,20-21,23-25,27-28,30-31H2,1-5H3/t34-,38-,39+,43-,45-,48-,49+/m0/s1. The molecule has 0 spiro atoms. The van der Waals surface area contributed by atoms with Gasteiger partial charge < -0.3 is 24.3 Å². The smallest absolute Gasteiger partial charge is 0.410 e. The minimum absolute atomic E-state index is 0.102. The monoisotopic (exact) mass is 759 g/mol. The number of ketones is 1. The zero-order valence-electron chi connectivity index (χ0n) is 34.0. The van der Waals surface area contributed by atoms with Crippen molar-refractivity contribution in [2.45, 2.75) is 129 Å². The number of hydrogen-bond donors (Lipinski definition) is 2. The summed E-state index contributed by atoms with van der Waals surface area (Å²) >= 11 is 0. The molecule has 4 aliphatic carbocycles. The predicted molar refractivity (Wildman–Crippen MR) is 222 cm³/mol. The maximum atomic E-state index is 14.7. The Kier molecular flexibility index (Phi) is 11.9. The summed E-state index contributed by atoms with van der Waals surface area (Å²) in [6.45, 7) is 11.4. The van der Waals surface area contributed by atoms with E-state index in [1.807, 2.05) is 36.4 Å². The molecular weight excluding hydrogens is 699 g/mol. The minimum atomic E-state index is -1.29. The van der Waals surface area contributed by atoms with E-state index >= 15 is 0 Å². The van der Waals surface area contributed by atoms with Gasteiger partial charge in [0.2, 0.25) is 5.78 Å². The largest absolute Gasteiger partial charge is 0.461 e. The highest BCUT2D eigenvalue weighted by Crippen LogP contribution is 2.59. The topological polar surface area (TPSA) is 100 Å². The second-order valence-electron chi connectivity index (χ2n) is 18.0. The van der Waals surface area contributed by atoms with E-state index in [9.17, 15) is 19.8 Å². The van der Waals surface area contributed by atoms with Crippen molar-refractivity contribution in [1.82, 2.24) is 4.90 Å². The molecule has 0 radical (unpaired) electrons. The summed E-state index contributed by atoms with van der Waals surface area (Å²) < 4.78 is 12.2. The van der Waals surface area contributed by atoms with Crippen LogP contribution in [0.5, 0.6) is 0 Å². The number of benzene rings is 3. The van der Waals surface area contributed by atoms with E-state index in [1.54, 1.807) is 17.0 Å². The number of rotatable bonds is 8. The summed E-state index contributed by atoms with van der Waals surface area (Å²) in [4.78, 5) is 30.7. The zero-order valence-corrected chi connectivity index (χ0v) is 34.0. The van der Waals surface area contributed by atoms with Gasteiger partial charge >= 0.3 is 6.09 Å². The van der Waals surface area contributed by atoms with E-state index in [4.69, 9.17) is 9.15 Å². The van der Waals surface area contributed by atoms with Gasteiger partial charge in [-0.05, 0) is 134 Å². The lowest BCUT2D eigenvalue weighted by Crippen LogP contribution is -2.54. The van der Waals surface area contributed by atoms with Gasteiger partial charge in [-0.3, -0.25) is 4.79 Å². The Balaban J connectivity index is 1.29. The summed E-state index contributed by atoms with van der Waals surface area (Å²) in [6.07, 6.45) is 9.99. The molecule has 298 valence electrons. The van der Waals surface area contributed by atoms with Crippen LogP contribution in [-0.4, -0.2) is 51.3 Å². The van der Waals surface area contributed by atoms with Gasteiger partial charge in [-0.1, -0.05) is 100 Å². The molecule has 2 bridgehead atoms. The van der Waals surface area contributed by atoms with Crippen molar-refractivity contribution >= 4 is 22.6 Å². The van der Waals surface area contributed by atoms with Crippen molar-refractivity contribution in [2.24, 2.45) is 23.2 Å². The lowest BCUT2D eigenvalue weighted by Gasteiger charge is -2.46. The number of aliphatic hydroxyl groups excluding tert-OH is 1. The summed E-state index contributed by atoms with van der Waals surface area (Å²) in [6, 6.07) is 23.9. The maximum Gasteiger partial charge on any atom is 0.410 e. The third kappa shape index (κ3) is 8.26.